The molecular weight excluding hydrogens is 201 g/mol. The predicted octanol–water partition coefficient (Wildman–Crippen LogP) is 1.42. The van der Waals surface area contributed by atoms with Crippen LogP contribution in [-0.4, -0.2) is 29.0 Å². The van der Waals surface area contributed by atoms with Crippen molar-refractivity contribution in [2.24, 2.45) is 0 Å². The molecule has 14 heavy (non-hydrogen) atoms. The molecule has 0 unspecified atom stereocenters. The van der Waals surface area contributed by atoms with Crippen LogP contribution in [0.15, 0.2) is 0 Å². The van der Waals surface area contributed by atoms with Gasteiger partial charge < -0.3 is 10.2 Å². The fraction of sp³-hybridized carbons (Fsp3) is 0.625. The number of unbranched alkanes of at least 4 members (excludes halogenated alkanes) is 2. The summed E-state index contributed by atoms with van der Waals surface area (Å²) in [6, 6.07) is 0. The minimum absolute atomic E-state index is 0.266. The Labute approximate surface area is 79.5 Å². The molecule has 0 aromatic rings. The number of aliphatic carboxylic acids is 1. The van der Waals surface area contributed by atoms with E-state index in [0.717, 1.165) is 19.3 Å². The van der Waals surface area contributed by atoms with Crippen LogP contribution in [0, 0.1) is 12.3 Å². The van der Waals surface area contributed by atoms with Gasteiger partial charge in [-0.25, -0.2) is 4.79 Å². The van der Waals surface area contributed by atoms with Crippen LogP contribution in [0.2, 0.25) is 0 Å². The zero-order valence-electron chi connectivity index (χ0n) is 7.34. The maximum atomic E-state index is 10.6. The Morgan fingerprint density at radius 3 is 2.00 bits per heavy atom. The molecule has 0 aliphatic rings. The molecule has 0 aromatic carbocycles. The first-order chi connectivity index (χ1) is 6.36. The molecule has 0 aliphatic carbocycles. The smallest absolute Gasteiger partial charge is 0.475 e. The minimum atomic E-state index is -5.08. The van der Waals surface area contributed by atoms with Crippen LogP contribution in [0.1, 0.15) is 19.3 Å². The summed E-state index contributed by atoms with van der Waals surface area (Å²) in [5, 5.41) is 15.3. The molecule has 0 saturated heterocycles. The van der Waals surface area contributed by atoms with Gasteiger partial charge >= 0.3 is 12.1 Å². The number of aliphatic hydroxyl groups is 1. The van der Waals surface area contributed by atoms with Crippen LogP contribution in [0.3, 0.4) is 0 Å². The van der Waals surface area contributed by atoms with Crippen molar-refractivity contribution in [3.8, 4) is 12.3 Å². The molecule has 6 heteroatoms. The van der Waals surface area contributed by atoms with E-state index >= 15 is 0 Å². The summed E-state index contributed by atoms with van der Waals surface area (Å²) in [4.78, 5) is 8.90. The van der Waals surface area contributed by atoms with Gasteiger partial charge in [0.05, 0.1) is 0 Å². The standard InChI is InChI=1S/C6H10O.C2HF3O2/c1-2-3-4-5-6-7;3-2(4,5)1(6)7/h1,7H,3-6H2;(H,6,7). The van der Waals surface area contributed by atoms with E-state index in [4.69, 9.17) is 21.4 Å². The summed E-state index contributed by atoms with van der Waals surface area (Å²) in [5.74, 6) is -0.266. The van der Waals surface area contributed by atoms with Crippen molar-refractivity contribution in [1.29, 1.82) is 0 Å². The number of halogens is 3. The third-order valence-electron chi connectivity index (χ3n) is 0.972. The predicted molar refractivity (Wildman–Crippen MR) is 43.5 cm³/mol. The van der Waals surface area contributed by atoms with Crippen molar-refractivity contribution < 1.29 is 28.2 Å². The molecule has 0 aromatic heterocycles. The van der Waals surface area contributed by atoms with Crippen LogP contribution in [0.25, 0.3) is 0 Å². The first-order valence-electron chi connectivity index (χ1n) is 3.70. The summed E-state index contributed by atoms with van der Waals surface area (Å²) in [5.41, 5.74) is 0. The second-order valence-corrected chi connectivity index (χ2v) is 2.19. The van der Waals surface area contributed by atoms with Gasteiger partial charge in [0.2, 0.25) is 0 Å². The Morgan fingerprint density at radius 2 is 1.79 bits per heavy atom. The minimum Gasteiger partial charge on any atom is -0.475 e. The molecule has 3 nitrogen and oxygen atoms in total. The highest BCUT2D eigenvalue weighted by Gasteiger charge is 2.38. The number of carboxylic acids is 1. The summed E-state index contributed by atoms with van der Waals surface area (Å²) in [6.45, 7) is 0.266. The topological polar surface area (TPSA) is 57.5 Å². The molecule has 0 heterocycles. The highest BCUT2D eigenvalue weighted by atomic mass is 19.4. The number of rotatable bonds is 3. The summed E-state index contributed by atoms with van der Waals surface area (Å²) < 4.78 is 31.7. The largest absolute Gasteiger partial charge is 0.490 e. The second kappa shape index (κ2) is 8.38. The molecule has 0 saturated carbocycles. The van der Waals surface area contributed by atoms with Crippen LogP contribution in [0.4, 0.5) is 13.2 Å². The van der Waals surface area contributed by atoms with Crippen molar-refractivity contribution in [2.75, 3.05) is 6.61 Å². The lowest BCUT2D eigenvalue weighted by molar-refractivity contribution is -0.192. The van der Waals surface area contributed by atoms with Gasteiger partial charge in [-0.15, -0.1) is 12.3 Å². The molecule has 0 rings (SSSR count). The van der Waals surface area contributed by atoms with Crippen molar-refractivity contribution in [3.63, 3.8) is 0 Å². The van der Waals surface area contributed by atoms with E-state index in [1.165, 1.54) is 0 Å². The molecule has 0 amide bonds. The van der Waals surface area contributed by atoms with E-state index in [9.17, 15) is 13.2 Å². The van der Waals surface area contributed by atoms with Crippen molar-refractivity contribution in [2.45, 2.75) is 25.4 Å². The fourth-order valence-corrected chi connectivity index (χ4v) is 0.339. The van der Waals surface area contributed by atoms with Crippen LogP contribution >= 0.6 is 0 Å². The molecule has 0 bridgehead atoms. The first-order valence-corrected chi connectivity index (χ1v) is 3.70. The van der Waals surface area contributed by atoms with Crippen LogP contribution in [-0.2, 0) is 4.79 Å². The number of aliphatic hydroxyl groups excluding tert-OH is 1. The third-order valence-corrected chi connectivity index (χ3v) is 0.972. The van der Waals surface area contributed by atoms with Gasteiger partial charge in [0.1, 0.15) is 0 Å². The zero-order valence-corrected chi connectivity index (χ0v) is 7.34. The molecule has 0 spiro atoms. The quantitative estimate of drug-likeness (QED) is 0.549. The lowest BCUT2D eigenvalue weighted by Crippen LogP contribution is -2.21. The van der Waals surface area contributed by atoms with E-state index in [1.807, 2.05) is 0 Å². The number of hydrogen-bond donors (Lipinski definition) is 2. The molecule has 0 fully saturated rings. The molecule has 0 radical (unpaired) electrons. The average molecular weight is 212 g/mol. The third kappa shape index (κ3) is 13.4. The van der Waals surface area contributed by atoms with Gasteiger partial charge in [0, 0.05) is 13.0 Å². The number of carbonyl (C=O) groups is 1. The van der Waals surface area contributed by atoms with Crippen molar-refractivity contribution >= 4 is 5.97 Å². The number of hydrogen-bond acceptors (Lipinski definition) is 2. The lowest BCUT2D eigenvalue weighted by Gasteiger charge is -1.93. The van der Waals surface area contributed by atoms with E-state index in [2.05, 4.69) is 5.92 Å². The zero-order chi connectivity index (χ0) is 11.6. The summed E-state index contributed by atoms with van der Waals surface area (Å²) in [6.07, 6.45) is 2.44. The Balaban J connectivity index is 0. The molecule has 82 valence electrons. The van der Waals surface area contributed by atoms with E-state index in [1.54, 1.807) is 0 Å². The van der Waals surface area contributed by atoms with Crippen LogP contribution in [0.5, 0.6) is 0 Å². The van der Waals surface area contributed by atoms with E-state index in [0.29, 0.717) is 0 Å². The van der Waals surface area contributed by atoms with Crippen LogP contribution < -0.4 is 0 Å². The Bertz CT molecular complexity index is 193. The van der Waals surface area contributed by atoms with Gasteiger partial charge in [0.25, 0.3) is 0 Å². The van der Waals surface area contributed by atoms with Gasteiger partial charge in [-0.1, -0.05) is 0 Å². The Hall–Kier alpha value is -1.22. The number of carboxylic acid groups (broad SMARTS) is 1. The number of terminal acetylenes is 1. The summed E-state index contributed by atoms with van der Waals surface area (Å²) in [7, 11) is 0. The fourth-order valence-electron chi connectivity index (χ4n) is 0.339. The van der Waals surface area contributed by atoms with Gasteiger partial charge in [-0.2, -0.15) is 13.2 Å². The normalized spacial score (nSPS) is 9.64. The average Bonchev–Trinajstić information content (AvgIpc) is 2.05. The molecule has 2 N–H and O–H groups in total. The first kappa shape index (κ1) is 15.3. The molecule has 0 aliphatic heterocycles. The molecule has 0 atom stereocenters. The van der Waals surface area contributed by atoms with E-state index in [-0.39, 0.29) is 6.61 Å². The van der Waals surface area contributed by atoms with Gasteiger partial charge in [-0.3, -0.25) is 0 Å². The summed E-state index contributed by atoms with van der Waals surface area (Å²) >= 11 is 0. The van der Waals surface area contributed by atoms with Crippen molar-refractivity contribution in [1.82, 2.24) is 0 Å². The van der Waals surface area contributed by atoms with Gasteiger partial charge in [0.15, 0.2) is 0 Å². The monoisotopic (exact) mass is 212 g/mol. The van der Waals surface area contributed by atoms with Gasteiger partial charge in [-0.05, 0) is 12.8 Å². The Morgan fingerprint density at radius 1 is 1.36 bits per heavy atom. The SMILES string of the molecule is C#CCCCCO.O=C(O)C(F)(F)F. The molecular formula is C8H11F3O3. The maximum Gasteiger partial charge on any atom is 0.490 e. The number of alkyl halides is 3. The Kier molecular flexibility index (Phi) is 9.14. The highest BCUT2D eigenvalue weighted by Crippen LogP contribution is 2.13. The van der Waals surface area contributed by atoms with Crippen molar-refractivity contribution in [3.05, 3.63) is 0 Å². The van der Waals surface area contributed by atoms with E-state index < -0.39 is 12.1 Å². The highest BCUT2D eigenvalue weighted by molar-refractivity contribution is 5.73. The second-order valence-electron chi connectivity index (χ2n) is 2.19. The maximum absolute atomic E-state index is 10.6. The lowest BCUT2D eigenvalue weighted by atomic mass is 10.2.